The molecule has 0 saturated heterocycles. The molecule has 0 fully saturated rings. The number of rotatable bonds is 53. The summed E-state index contributed by atoms with van der Waals surface area (Å²) in [5, 5.41) is 13.9. The van der Waals surface area contributed by atoms with E-state index in [1.54, 1.807) is 6.08 Å². The zero-order chi connectivity index (χ0) is 53.5. The van der Waals surface area contributed by atoms with E-state index in [2.05, 4.69) is 116 Å². The largest absolute Gasteiger partial charge is 0.756 e. The molecule has 8 nitrogen and oxygen atoms in total. The molecule has 9 heteroatoms. The van der Waals surface area contributed by atoms with Gasteiger partial charge >= 0.3 is 0 Å². The van der Waals surface area contributed by atoms with Gasteiger partial charge in [0.25, 0.3) is 7.82 Å². The van der Waals surface area contributed by atoms with Crippen molar-refractivity contribution in [3.63, 3.8) is 0 Å². The lowest BCUT2D eigenvalue weighted by atomic mass is 10.0. The van der Waals surface area contributed by atoms with Crippen molar-refractivity contribution in [2.75, 3.05) is 40.9 Å². The summed E-state index contributed by atoms with van der Waals surface area (Å²) in [5.74, 6) is -0.225. The molecule has 420 valence electrons. The van der Waals surface area contributed by atoms with Gasteiger partial charge in [-0.2, -0.15) is 0 Å². The van der Waals surface area contributed by atoms with Gasteiger partial charge < -0.3 is 28.8 Å². The van der Waals surface area contributed by atoms with Crippen LogP contribution in [0.15, 0.2) is 109 Å². The molecule has 0 saturated carbocycles. The molecule has 0 aromatic rings. The summed E-state index contributed by atoms with van der Waals surface area (Å²) >= 11 is 0. The highest BCUT2D eigenvalue weighted by Gasteiger charge is 2.23. The number of quaternary nitrogens is 1. The lowest BCUT2D eigenvalue weighted by molar-refractivity contribution is -0.870. The first-order valence-electron chi connectivity index (χ1n) is 29.7. The fraction of sp³-hybridized carbons (Fsp3) is 0.703. The number of unbranched alkanes of at least 4 members (excludes halogenated alkanes) is 24. The molecule has 0 spiro atoms. The van der Waals surface area contributed by atoms with Crippen molar-refractivity contribution in [2.24, 2.45) is 0 Å². The van der Waals surface area contributed by atoms with E-state index < -0.39 is 26.6 Å². The van der Waals surface area contributed by atoms with Crippen LogP contribution < -0.4 is 10.2 Å². The molecule has 0 radical (unpaired) electrons. The summed E-state index contributed by atoms with van der Waals surface area (Å²) in [6.07, 6.45) is 78.8. The van der Waals surface area contributed by atoms with Gasteiger partial charge in [0.15, 0.2) is 0 Å². The summed E-state index contributed by atoms with van der Waals surface area (Å²) in [4.78, 5) is 25.5. The third kappa shape index (κ3) is 56.7. The molecular weight excluding hydrogens is 924 g/mol. The van der Waals surface area contributed by atoms with Crippen molar-refractivity contribution in [2.45, 2.75) is 251 Å². The van der Waals surface area contributed by atoms with Crippen LogP contribution in [0, 0.1) is 0 Å². The normalized spacial score (nSPS) is 14.7. The number of aliphatic hydroxyl groups excluding tert-OH is 1. The van der Waals surface area contributed by atoms with Crippen molar-refractivity contribution in [3.05, 3.63) is 109 Å². The summed E-state index contributed by atoms with van der Waals surface area (Å²) in [6, 6.07) is -0.910. The monoisotopic (exact) mass is 1040 g/mol. The van der Waals surface area contributed by atoms with Gasteiger partial charge in [-0.05, 0) is 83.5 Å². The number of phosphoric ester groups is 1. The van der Waals surface area contributed by atoms with Gasteiger partial charge in [0.2, 0.25) is 5.91 Å². The van der Waals surface area contributed by atoms with Gasteiger partial charge in [0.1, 0.15) is 13.2 Å². The molecule has 0 rings (SSSR count). The molecule has 0 aliphatic carbocycles. The van der Waals surface area contributed by atoms with E-state index in [4.69, 9.17) is 9.05 Å². The first-order chi connectivity index (χ1) is 35.5. The number of amides is 1. The molecule has 73 heavy (non-hydrogen) atoms. The summed E-state index contributed by atoms with van der Waals surface area (Å²) in [5.41, 5.74) is 0. The second-order valence-corrected chi connectivity index (χ2v) is 22.4. The van der Waals surface area contributed by atoms with Crippen LogP contribution in [-0.4, -0.2) is 68.5 Å². The van der Waals surface area contributed by atoms with Crippen molar-refractivity contribution in [1.29, 1.82) is 0 Å². The van der Waals surface area contributed by atoms with Crippen LogP contribution in [0.1, 0.15) is 239 Å². The minimum Gasteiger partial charge on any atom is -0.756 e. The van der Waals surface area contributed by atoms with E-state index in [1.807, 2.05) is 27.2 Å². The Kier molecular flexibility index (Phi) is 51.9. The number of nitrogens with one attached hydrogen (secondary N) is 1. The number of nitrogens with zero attached hydrogens (tertiary/aromatic N) is 1. The molecule has 0 aliphatic heterocycles. The van der Waals surface area contributed by atoms with Gasteiger partial charge in [-0.3, -0.25) is 9.36 Å². The number of phosphoric acid groups is 1. The Bertz CT molecular complexity index is 1550. The number of likely N-dealkylation sites (N-methyl/N-ethyl adjacent to an activating group) is 1. The number of carbonyl (C=O) groups excluding carboxylic acids is 1. The van der Waals surface area contributed by atoms with E-state index in [0.29, 0.717) is 17.4 Å². The number of hydrogen-bond donors (Lipinski definition) is 2. The molecule has 0 aromatic heterocycles. The lowest BCUT2D eigenvalue weighted by Gasteiger charge is -2.29. The van der Waals surface area contributed by atoms with Gasteiger partial charge in [-0.1, -0.05) is 258 Å². The fourth-order valence-corrected chi connectivity index (χ4v) is 8.83. The topological polar surface area (TPSA) is 108 Å². The summed E-state index contributed by atoms with van der Waals surface area (Å²) in [6.45, 7) is 4.52. The Morgan fingerprint density at radius 3 is 1.22 bits per heavy atom. The Morgan fingerprint density at radius 2 is 0.836 bits per heavy atom. The number of aliphatic hydroxyl groups is 1. The highest BCUT2D eigenvalue weighted by molar-refractivity contribution is 7.45. The molecule has 0 aliphatic rings. The quantitative estimate of drug-likeness (QED) is 0.0272. The maximum Gasteiger partial charge on any atom is 0.268 e. The summed E-state index contributed by atoms with van der Waals surface area (Å²) < 4.78 is 23.4. The lowest BCUT2D eigenvalue weighted by Crippen LogP contribution is -2.45. The molecule has 2 N–H and O–H groups in total. The van der Waals surface area contributed by atoms with E-state index in [1.165, 1.54) is 116 Å². The number of hydrogen-bond acceptors (Lipinski definition) is 6. The molecular formula is C64H113N2O6P. The van der Waals surface area contributed by atoms with Crippen molar-refractivity contribution in [1.82, 2.24) is 5.32 Å². The zero-order valence-corrected chi connectivity index (χ0v) is 48.7. The predicted octanol–water partition coefficient (Wildman–Crippen LogP) is 17.7. The average molecular weight is 1040 g/mol. The molecule has 0 aromatic carbocycles. The smallest absolute Gasteiger partial charge is 0.268 e. The second-order valence-electron chi connectivity index (χ2n) is 21.0. The third-order valence-corrected chi connectivity index (χ3v) is 13.7. The minimum absolute atomic E-state index is 0.0121. The van der Waals surface area contributed by atoms with Crippen LogP contribution in [-0.2, 0) is 18.4 Å². The van der Waals surface area contributed by atoms with Gasteiger partial charge in [0, 0.05) is 6.42 Å². The van der Waals surface area contributed by atoms with E-state index in [0.717, 1.165) is 103 Å². The third-order valence-electron chi connectivity index (χ3n) is 12.7. The van der Waals surface area contributed by atoms with Crippen molar-refractivity contribution < 1.29 is 32.9 Å². The Hall–Kier alpha value is -2.84. The van der Waals surface area contributed by atoms with Crippen LogP contribution in [0.3, 0.4) is 0 Å². The predicted molar refractivity (Wildman–Crippen MR) is 316 cm³/mol. The highest BCUT2D eigenvalue weighted by Crippen LogP contribution is 2.38. The Morgan fingerprint density at radius 1 is 0.493 bits per heavy atom. The molecule has 1 amide bonds. The fourth-order valence-electron chi connectivity index (χ4n) is 8.11. The average Bonchev–Trinajstić information content (AvgIpc) is 3.35. The highest BCUT2D eigenvalue weighted by atomic mass is 31.2. The summed E-state index contributed by atoms with van der Waals surface area (Å²) in [7, 11) is 1.23. The molecule has 3 atom stereocenters. The Balaban J connectivity index is 4.31. The number of allylic oxidation sites excluding steroid dienone is 17. The number of carbonyl (C=O) groups is 1. The second kappa shape index (κ2) is 54.0. The van der Waals surface area contributed by atoms with Crippen LogP contribution in [0.25, 0.3) is 0 Å². The maximum absolute atomic E-state index is 13.0. The van der Waals surface area contributed by atoms with Crippen molar-refractivity contribution in [3.8, 4) is 0 Å². The van der Waals surface area contributed by atoms with E-state index >= 15 is 0 Å². The van der Waals surface area contributed by atoms with Crippen molar-refractivity contribution >= 4 is 13.7 Å². The first-order valence-corrected chi connectivity index (χ1v) is 31.2. The molecule has 3 unspecified atom stereocenters. The van der Waals surface area contributed by atoms with Crippen LogP contribution >= 0.6 is 7.82 Å². The van der Waals surface area contributed by atoms with Gasteiger partial charge in [0.05, 0.1) is 39.9 Å². The van der Waals surface area contributed by atoms with Crippen LogP contribution in [0.5, 0.6) is 0 Å². The first kappa shape index (κ1) is 70.2. The molecule has 0 bridgehead atoms. The van der Waals surface area contributed by atoms with E-state index in [9.17, 15) is 19.4 Å². The zero-order valence-electron chi connectivity index (χ0n) is 47.8. The van der Waals surface area contributed by atoms with Crippen LogP contribution in [0.4, 0.5) is 0 Å². The maximum atomic E-state index is 13.0. The minimum atomic E-state index is -4.61. The standard InChI is InChI=1S/C64H113N2O6P/c1-6-8-10-12-14-16-18-20-22-24-26-28-30-31-32-33-34-35-36-38-40-42-44-46-48-50-52-54-56-58-64(68)65-62(61-72-73(69,70)71-60-59-66(3,4)5)63(67)57-55-53-51-49-47-45-43-41-39-37-29-27-25-23-21-19-17-15-13-11-9-7-2/h8,10,14,16,20,22,26,28,31-32,34-35,38,40,44,46,55,57,62-63,67H,6-7,9,11-13,15,17-19,21,23-25,27,29-30,33,36-37,39,41-43,45,47-54,56,58-61H2,1-5H3,(H-,65,68,69,70)/b10-8-,16-14-,22-20-,28-26-,32-31-,35-34-,40-38-,46-44-,57-55+. The molecule has 0 heterocycles. The van der Waals surface area contributed by atoms with E-state index in [-0.39, 0.29) is 12.5 Å². The van der Waals surface area contributed by atoms with Gasteiger partial charge in [-0.15, -0.1) is 0 Å². The van der Waals surface area contributed by atoms with Crippen LogP contribution in [0.2, 0.25) is 0 Å². The SMILES string of the molecule is CC/C=C\C/C=C\C/C=C\C/C=C\C/C=C\C/C=C\C/C=C\C/C=C\CCCCCCC(=O)NC(COP(=O)([O-])OCC[N+](C)(C)C)C(O)/C=C/CCCCCCCCCCCCCCCCCCCCCC. The Labute approximate surface area is 451 Å². The van der Waals surface area contributed by atoms with Gasteiger partial charge in [-0.25, -0.2) is 0 Å².